The Kier molecular flexibility index (Phi) is 5.49. The molecule has 1 aliphatic rings. The Morgan fingerprint density at radius 3 is 2.27 bits per heavy atom. The summed E-state index contributed by atoms with van der Waals surface area (Å²) in [5.74, 6) is 0.191. The third-order valence-electron chi connectivity index (χ3n) is 3.70. The van der Waals surface area contributed by atoms with E-state index in [1.54, 1.807) is 31.7 Å². The quantitative estimate of drug-likeness (QED) is 0.693. The highest BCUT2D eigenvalue weighted by Gasteiger charge is 2.32. The van der Waals surface area contributed by atoms with Gasteiger partial charge in [0.2, 0.25) is 5.88 Å². The average molecular weight is 364 g/mol. The summed E-state index contributed by atoms with van der Waals surface area (Å²) in [6.45, 7) is 13.2. The molecule has 0 fully saturated rings. The van der Waals surface area contributed by atoms with Crippen LogP contribution in [0, 0.1) is 0 Å². The van der Waals surface area contributed by atoms with Crippen LogP contribution in [0.4, 0.5) is 9.59 Å². The van der Waals surface area contributed by atoms with Gasteiger partial charge in [0.05, 0.1) is 11.7 Å². The van der Waals surface area contributed by atoms with Crippen molar-refractivity contribution in [2.45, 2.75) is 72.1 Å². The van der Waals surface area contributed by atoms with Gasteiger partial charge in [-0.05, 0) is 60.1 Å². The lowest BCUT2D eigenvalue weighted by atomic mass is 9.98. The van der Waals surface area contributed by atoms with E-state index in [0.29, 0.717) is 13.0 Å². The van der Waals surface area contributed by atoms with Crippen LogP contribution in [0.5, 0.6) is 5.88 Å². The normalized spacial score (nSPS) is 17.3. The lowest BCUT2D eigenvalue weighted by Crippen LogP contribution is -2.42. The number of pyridine rings is 1. The molecule has 1 aromatic rings. The van der Waals surface area contributed by atoms with Gasteiger partial charge >= 0.3 is 12.2 Å². The summed E-state index contributed by atoms with van der Waals surface area (Å²) in [4.78, 5) is 30.2. The topological polar surface area (TPSA) is 78.0 Å². The van der Waals surface area contributed by atoms with Crippen LogP contribution in [0.25, 0.3) is 0 Å². The Labute approximate surface area is 154 Å². The molecule has 1 unspecified atom stereocenters. The molecule has 26 heavy (non-hydrogen) atoms. The van der Waals surface area contributed by atoms with Crippen molar-refractivity contribution in [1.82, 2.24) is 9.88 Å². The second-order valence-electron chi connectivity index (χ2n) is 8.35. The lowest BCUT2D eigenvalue weighted by molar-refractivity contribution is 0.0158. The van der Waals surface area contributed by atoms with Gasteiger partial charge in [-0.3, -0.25) is 0 Å². The van der Waals surface area contributed by atoms with Gasteiger partial charge in [-0.1, -0.05) is 0 Å². The maximum Gasteiger partial charge on any atom is 0.515 e. The Morgan fingerprint density at radius 2 is 1.69 bits per heavy atom. The minimum Gasteiger partial charge on any atom is -0.444 e. The summed E-state index contributed by atoms with van der Waals surface area (Å²) in [6.07, 6.45) is -0.571. The first-order chi connectivity index (χ1) is 11.9. The van der Waals surface area contributed by atoms with Crippen molar-refractivity contribution in [3.8, 4) is 5.88 Å². The van der Waals surface area contributed by atoms with Crippen LogP contribution in [-0.2, 0) is 15.9 Å². The first-order valence-corrected chi connectivity index (χ1v) is 8.76. The van der Waals surface area contributed by atoms with E-state index in [-0.39, 0.29) is 18.0 Å². The van der Waals surface area contributed by atoms with Crippen molar-refractivity contribution in [2.24, 2.45) is 0 Å². The van der Waals surface area contributed by atoms with Crippen molar-refractivity contribution >= 4 is 12.2 Å². The zero-order chi connectivity index (χ0) is 19.7. The molecular formula is C19H28N2O5. The number of ether oxygens (including phenoxy) is 3. The Morgan fingerprint density at radius 1 is 1.08 bits per heavy atom. The van der Waals surface area contributed by atoms with E-state index < -0.39 is 17.4 Å². The number of aromatic nitrogens is 1. The second kappa shape index (κ2) is 7.13. The monoisotopic (exact) mass is 364 g/mol. The van der Waals surface area contributed by atoms with Crippen molar-refractivity contribution in [3.05, 3.63) is 23.4 Å². The molecule has 0 N–H and O–H groups in total. The van der Waals surface area contributed by atoms with Crippen LogP contribution in [0.2, 0.25) is 0 Å². The van der Waals surface area contributed by atoms with Gasteiger partial charge < -0.3 is 19.1 Å². The summed E-state index contributed by atoms with van der Waals surface area (Å²) < 4.78 is 15.8. The van der Waals surface area contributed by atoms with E-state index in [0.717, 1.165) is 11.3 Å². The highest BCUT2D eigenvalue weighted by molar-refractivity contribution is 5.69. The van der Waals surface area contributed by atoms with Crippen LogP contribution in [-0.4, -0.2) is 39.9 Å². The van der Waals surface area contributed by atoms with Gasteiger partial charge in [-0.2, -0.15) is 0 Å². The van der Waals surface area contributed by atoms with Crippen molar-refractivity contribution in [3.63, 3.8) is 0 Å². The van der Waals surface area contributed by atoms with E-state index in [1.807, 2.05) is 33.8 Å². The number of fused-ring (bicyclic) bond motifs is 1. The van der Waals surface area contributed by atoms with Crippen LogP contribution < -0.4 is 4.74 Å². The first-order valence-electron chi connectivity index (χ1n) is 8.76. The highest BCUT2D eigenvalue weighted by atomic mass is 16.7. The number of nitrogens with zero attached hydrogens (tertiary/aromatic N) is 2. The lowest BCUT2D eigenvalue weighted by Gasteiger charge is -2.35. The van der Waals surface area contributed by atoms with Crippen LogP contribution in [0.3, 0.4) is 0 Å². The molecule has 2 rings (SSSR count). The van der Waals surface area contributed by atoms with Gasteiger partial charge in [-0.25, -0.2) is 14.6 Å². The third-order valence-corrected chi connectivity index (χ3v) is 3.70. The van der Waals surface area contributed by atoms with Crippen LogP contribution in [0.1, 0.15) is 65.8 Å². The molecule has 1 aromatic heterocycles. The number of hydrogen-bond donors (Lipinski definition) is 0. The van der Waals surface area contributed by atoms with Crippen molar-refractivity contribution in [2.75, 3.05) is 6.54 Å². The summed E-state index contributed by atoms with van der Waals surface area (Å²) in [7, 11) is 0. The van der Waals surface area contributed by atoms with Gasteiger partial charge in [0.1, 0.15) is 11.2 Å². The van der Waals surface area contributed by atoms with E-state index in [1.165, 1.54) is 0 Å². The summed E-state index contributed by atoms with van der Waals surface area (Å²) >= 11 is 0. The summed E-state index contributed by atoms with van der Waals surface area (Å²) in [5, 5.41) is 0. The zero-order valence-corrected chi connectivity index (χ0v) is 16.6. The Balaban J connectivity index is 2.10. The predicted octanol–water partition coefficient (Wildman–Crippen LogP) is 4.25. The molecule has 7 heteroatoms. The van der Waals surface area contributed by atoms with E-state index in [9.17, 15) is 9.59 Å². The molecule has 0 saturated carbocycles. The highest BCUT2D eigenvalue weighted by Crippen LogP contribution is 2.31. The first kappa shape index (κ1) is 20.0. The number of hydrogen-bond acceptors (Lipinski definition) is 6. The molecule has 0 radical (unpaired) electrons. The molecule has 144 valence electrons. The van der Waals surface area contributed by atoms with Gasteiger partial charge in [0.25, 0.3) is 0 Å². The van der Waals surface area contributed by atoms with Crippen LogP contribution >= 0.6 is 0 Å². The number of amides is 1. The van der Waals surface area contributed by atoms with Crippen molar-refractivity contribution in [1.29, 1.82) is 0 Å². The standard InChI is InChI=1S/C19H28N2O5/c1-12-13-8-9-15(24-17(23)26-19(5,6)7)20-14(13)10-11-21(12)16(22)25-18(2,3)4/h8-9,12H,10-11H2,1-7H3. The number of carbonyl (C=O) groups excluding carboxylic acids is 2. The molecule has 0 aromatic carbocycles. The maximum absolute atomic E-state index is 12.4. The minimum atomic E-state index is -0.788. The van der Waals surface area contributed by atoms with Gasteiger partial charge in [0, 0.05) is 19.0 Å². The Hall–Kier alpha value is -2.31. The van der Waals surface area contributed by atoms with E-state index >= 15 is 0 Å². The molecule has 0 saturated heterocycles. The maximum atomic E-state index is 12.4. The average Bonchev–Trinajstić information content (AvgIpc) is 2.43. The van der Waals surface area contributed by atoms with E-state index in [2.05, 4.69) is 4.98 Å². The largest absolute Gasteiger partial charge is 0.515 e. The Bertz CT molecular complexity index is 688. The molecule has 0 aliphatic carbocycles. The van der Waals surface area contributed by atoms with Gasteiger partial charge in [0.15, 0.2) is 0 Å². The second-order valence-corrected chi connectivity index (χ2v) is 8.35. The SMILES string of the molecule is CC1c2ccc(OC(=O)OC(C)(C)C)nc2CCN1C(=O)OC(C)(C)C. The fraction of sp³-hybridized carbons (Fsp3) is 0.632. The molecule has 1 atom stereocenters. The number of rotatable bonds is 1. The van der Waals surface area contributed by atoms with Crippen molar-refractivity contribution < 1.29 is 23.8 Å². The third kappa shape index (κ3) is 5.34. The van der Waals surface area contributed by atoms with Gasteiger partial charge in [-0.15, -0.1) is 0 Å². The molecule has 1 amide bonds. The molecule has 0 spiro atoms. The molecule has 0 bridgehead atoms. The van der Waals surface area contributed by atoms with E-state index in [4.69, 9.17) is 14.2 Å². The molecular weight excluding hydrogens is 336 g/mol. The molecule has 1 aliphatic heterocycles. The fourth-order valence-electron chi connectivity index (χ4n) is 2.64. The summed E-state index contributed by atoms with van der Waals surface area (Å²) in [5.41, 5.74) is 0.547. The van der Waals surface area contributed by atoms with Crippen LogP contribution in [0.15, 0.2) is 12.1 Å². The zero-order valence-electron chi connectivity index (χ0n) is 16.6. The predicted molar refractivity (Wildman–Crippen MR) is 96.2 cm³/mol. The smallest absolute Gasteiger partial charge is 0.444 e. The molecule has 7 nitrogen and oxygen atoms in total. The molecule has 2 heterocycles. The fourth-order valence-corrected chi connectivity index (χ4v) is 2.64. The summed E-state index contributed by atoms with van der Waals surface area (Å²) in [6, 6.07) is 3.26. The number of carbonyl (C=O) groups is 2. The minimum absolute atomic E-state index is 0.170.